The number of nitrogens with one attached hydrogen (secondary N) is 2. The molecule has 0 spiro atoms. The van der Waals surface area contributed by atoms with Gasteiger partial charge in [-0.1, -0.05) is 0 Å². The van der Waals surface area contributed by atoms with Crippen molar-refractivity contribution in [1.29, 1.82) is 0 Å². The summed E-state index contributed by atoms with van der Waals surface area (Å²) in [4.78, 5) is 22.7. The monoisotopic (exact) mass is 190 g/mol. The molecule has 72 valence electrons. The largest absolute Gasteiger partial charge is 0.270 e. The summed E-state index contributed by atoms with van der Waals surface area (Å²) in [6.07, 6.45) is 0. The number of aryl methyl sites for hydroxylation is 2. The van der Waals surface area contributed by atoms with E-state index in [0.717, 1.165) is 11.1 Å². The Hall–Kier alpha value is -1.84. The van der Waals surface area contributed by atoms with Crippen LogP contribution in [0, 0.1) is 13.8 Å². The first-order valence-electron chi connectivity index (χ1n) is 4.31. The van der Waals surface area contributed by atoms with Gasteiger partial charge >= 0.3 is 0 Å². The van der Waals surface area contributed by atoms with Gasteiger partial charge in [0.2, 0.25) is 0 Å². The molecule has 0 atom stereocenters. The van der Waals surface area contributed by atoms with Crippen LogP contribution in [0.25, 0.3) is 10.8 Å². The maximum atomic E-state index is 11.4. The summed E-state index contributed by atoms with van der Waals surface area (Å²) in [5.41, 5.74) is 1.49. The Labute approximate surface area is 79.6 Å². The third-order valence-corrected chi connectivity index (χ3v) is 2.41. The lowest BCUT2D eigenvalue weighted by molar-refractivity contribution is 0.975. The van der Waals surface area contributed by atoms with Gasteiger partial charge in [-0.25, -0.2) is 0 Å². The second-order valence-corrected chi connectivity index (χ2v) is 3.39. The molecule has 1 aromatic carbocycles. The number of hydrogen-bond donors (Lipinski definition) is 2. The lowest BCUT2D eigenvalue weighted by Crippen LogP contribution is -2.19. The van der Waals surface area contributed by atoms with E-state index in [1.165, 1.54) is 0 Å². The van der Waals surface area contributed by atoms with Gasteiger partial charge in [0.25, 0.3) is 11.1 Å². The number of hydrogen-bond acceptors (Lipinski definition) is 2. The first kappa shape index (κ1) is 8.74. The zero-order valence-electron chi connectivity index (χ0n) is 7.97. The van der Waals surface area contributed by atoms with E-state index < -0.39 is 0 Å². The van der Waals surface area contributed by atoms with Crippen LogP contribution < -0.4 is 11.1 Å². The summed E-state index contributed by atoms with van der Waals surface area (Å²) in [7, 11) is 0. The van der Waals surface area contributed by atoms with E-state index in [0.29, 0.717) is 10.8 Å². The SMILES string of the molecule is Cc1cc2c(=O)[nH][nH]c(=O)c2cc1C. The predicted octanol–water partition coefficient (Wildman–Crippen LogP) is 0.833. The Morgan fingerprint density at radius 3 is 1.57 bits per heavy atom. The first-order valence-corrected chi connectivity index (χ1v) is 4.31. The molecule has 0 saturated heterocycles. The minimum atomic E-state index is -0.261. The molecule has 4 heteroatoms. The average Bonchev–Trinajstić information content (AvgIpc) is 2.15. The van der Waals surface area contributed by atoms with E-state index in [9.17, 15) is 9.59 Å². The van der Waals surface area contributed by atoms with Gasteiger partial charge in [-0.3, -0.25) is 19.8 Å². The van der Waals surface area contributed by atoms with E-state index in [1.807, 2.05) is 13.8 Å². The molecule has 4 nitrogen and oxygen atoms in total. The third kappa shape index (κ3) is 1.16. The molecule has 0 amide bonds. The number of aromatic nitrogens is 2. The molecule has 2 aromatic rings. The summed E-state index contributed by atoms with van der Waals surface area (Å²) >= 11 is 0. The molecule has 0 unspecified atom stereocenters. The topological polar surface area (TPSA) is 65.7 Å². The minimum absolute atomic E-state index is 0.261. The quantitative estimate of drug-likeness (QED) is 0.646. The van der Waals surface area contributed by atoms with Crippen LogP contribution in [0.4, 0.5) is 0 Å². The fraction of sp³-hybridized carbons (Fsp3) is 0.200. The van der Waals surface area contributed by atoms with Crippen LogP contribution in [0.5, 0.6) is 0 Å². The maximum absolute atomic E-state index is 11.4. The Morgan fingerprint density at radius 2 is 1.21 bits per heavy atom. The van der Waals surface area contributed by atoms with Gasteiger partial charge in [0.15, 0.2) is 0 Å². The van der Waals surface area contributed by atoms with Gasteiger partial charge in [-0.15, -0.1) is 0 Å². The van der Waals surface area contributed by atoms with E-state index in [-0.39, 0.29) is 11.1 Å². The summed E-state index contributed by atoms with van der Waals surface area (Å²) in [6.45, 7) is 3.82. The fourth-order valence-corrected chi connectivity index (χ4v) is 1.44. The molecule has 0 bridgehead atoms. The standard InChI is InChI=1S/C10H10N2O2/c1-5-3-7-8(4-6(5)2)10(14)12-11-9(7)13/h3-4H,1-2H3,(H,11,13)(H,12,14). The summed E-state index contributed by atoms with van der Waals surface area (Å²) < 4.78 is 0. The van der Waals surface area contributed by atoms with Gasteiger partial charge in [-0.05, 0) is 37.1 Å². The van der Waals surface area contributed by atoms with Gasteiger partial charge in [0, 0.05) is 0 Å². The first-order chi connectivity index (χ1) is 6.59. The van der Waals surface area contributed by atoms with Crippen molar-refractivity contribution in [1.82, 2.24) is 10.2 Å². The molecule has 0 aliphatic carbocycles. The third-order valence-electron chi connectivity index (χ3n) is 2.41. The van der Waals surface area contributed by atoms with Crippen molar-refractivity contribution in [2.45, 2.75) is 13.8 Å². The summed E-state index contributed by atoms with van der Waals surface area (Å²) in [6, 6.07) is 3.47. The Balaban J connectivity index is 3.10. The van der Waals surface area contributed by atoms with Crippen molar-refractivity contribution in [2.75, 3.05) is 0 Å². The average molecular weight is 190 g/mol. The number of aromatic amines is 2. The van der Waals surface area contributed by atoms with Crippen LogP contribution in [-0.4, -0.2) is 10.2 Å². The van der Waals surface area contributed by atoms with Gasteiger partial charge in [-0.2, -0.15) is 0 Å². The molecule has 2 rings (SSSR count). The van der Waals surface area contributed by atoms with Crippen LogP contribution in [0.3, 0.4) is 0 Å². The van der Waals surface area contributed by atoms with Crippen molar-refractivity contribution in [3.8, 4) is 0 Å². The molecule has 1 aromatic heterocycles. The van der Waals surface area contributed by atoms with Gasteiger partial charge < -0.3 is 0 Å². The second-order valence-electron chi connectivity index (χ2n) is 3.39. The lowest BCUT2D eigenvalue weighted by atomic mass is 10.1. The zero-order chi connectivity index (χ0) is 10.3. The fourth-order valence-electron chi connectivity index (χ4n) is 1.44. The van der Waals surface area contributed by atoms with Gasteiger partial charge in [0.05, 0.1) is 10.8 Å². The minimum Gasteiger partial charge on any atom is -0.267 e. The number of fused-ring (bicyclic) bond motifs is 1. The van der Waals surface area contributed by atoms with Crippen LogP contribution in [0.2, 0.25) is 0 Å². The van der Waals surface area contributed by atoms with Crippen molar-refractivity contribution >= 4 is 10.8 Å². The predicted molar refractivity (Wildman–Crippen MR) is 54.7 cm³/mol. The summed E-state index contributed by atoms with van der Waals surface area (Å²) in [5.74, 6) is 0. The highest BCUT2D eigenvalue weighted by Crippen LogP contribution is 2.12. The van der Waals surface area contributed by atoms with Crippen LogP contribution >= 0.6 is 0 Å². The molecule has 0 radical (unpaired) electrons. The van der Waals surface area contributed by atoms with Crippen molar-refractivity contribution < 1.29 is 0 Å². The number of benzene rings is 1. The van der Waals surface area contributed by atoms with Crippen molar-refractivity contribution in [3.63, 3.8) is 0 Å². The molecule has 0 aliphatic rings. The van der Waals surface area contributed by atoms with E-state index in [1.54, 1.807) is 12.1 Å². The molecule has 0 fully saturated rings. The zero-order valence-corrected chi connectivity index (χ0v) is 7.97. The highest BCUT2D eigenvalue weighted by atomic mass is 16.1. The van der Waals surface area contributed by atoms with Crippen LogP contribution in [0.15, 0.2) is 21.7 Å². The number of rotatable bonds is 0. The second kappa shape index (κ2) is 2.83. The van der Waals surface area contributed by atoms with Crippen LogP contribution in [-0.2, 0) is 0 Å². The molecular weight excluding hydrogens is 180 g/mol. The lowest BCUT2D eigenvalue weighted by Gasteiger charge is -2.01. The Bertz CT molecular complexity index is 553. The maximum Gasteiger partial charge on any atom is 0.270 e. The highest BCUT2D eigenvalue weighted by Gasteiger charge is 2.04. The molecule has 1 heterocycles. The van der Waals surface area contributed by atoms with Crippen molar-refractivity contribution in [2.24, 2.45) is 0 Å². The Morgan fingerprint density at radius 1 is 0.857 bits per heavy atom. The number of H-pyrrole nitrogens is 2. The van der Waals surface area contributed by atoms with E-state index in [2.05, 4.69) is 10.2 Å². The molecule has 14 heavy (non-hydrogen) atoms. The summed E-state index contributed by atoms with van der Waals surface area (Å²) in [5, 5.41) is 5.48. The van der Waals surface area contributed by atoms with Gasteiger partial charge in [0.1, 0.15) is 0 Å². The smallest absolute Gasteiger partial charge is 0.267 e. The normalized spacial score (nSPS) is 10.7. The van der Waals surface area contributed by atoms with Crippen molar-refractivity contribution in [3.05, 3.63) is 44.0 Å². The molecule has 2 N–H and O–H groups in total. The molecular formula is C10H10N2O2. The molecule has 0 aliphatic heterocycles. The highest BCUT2D eigenvalue weighted by molar-refractivity contribution is 5.81. The molecule has 0 saturated carbocycles. The Kier molecular flexibility index (Phi) is 1.77. The van der Waals surface area contributed by atoms with E-state index in [4.69, 9.17) is 0 Å². The van der Waals surface area contributed by atoms with Crippen LogP contribution in [0.1, 0.15) is 11.1 Å². The van der Waals surface area contributed by atoms with E-state index >= 15 is 0 Å².